The Kier molecular flexibility index (Phi) is 3.89. The van der Waals surface area contributed by atoms with Gasteiger partial charge in [0.2, 0.25) is 5.88 Å². The van der Waals surface area contributed by atoms with Gasteiger partial charge in [-0.3, -0.25) is 0 Å². The summed E-state index contributed by atoms with van der Waals surface area (Å²) in [5, 5.41) is 0. The largest absolute Gasteiger partial charge is 0.474 e. The van der Waals surface area contributed by atoms with Crippen molar-refractivity contribution in [1.82, 2.24) is 4.98 Å². The molecule has 3 heteroatoms. The Morgan fingerprint density at radius 2 is 2.21 bits per heavy atom. The molecule has 78 valence electrons. The number of hydrogen-bond acceptors (Lipinski definition) is 3. The highest BCUT2D eigenvalue weighted by molar-refractivity contribution is 5.28. The SMILES string of the molecule is CCC(C)Oc1ncccc1[C@@H](C)N. The molecule has 0 radical (unpaired) electrons. The van der Waals surface area contributed by atoms with Gasteiger partial charge in [-0.2, -0.15) is 0 Å². The van der Waals surface area contributed by atoms with Crippen LogP contribution in [0.25, 0.3) is 0 Å². The van der Waals surface area contributed by atoms with Crippen LogP contribution in [-0.2, 0) is 0 Å². The Bertz CT molecular complexity index is 286. The van der Waals surface area contributed by atoms with Crippen LogP contribution in [0.2, 0.25) is 0 Å². The minimum absolute atomic E-state index is 0.0391. The molecule has 0 saturated carbocycles. The molecule has 1 unspecified atom stereocenters. The van der Waals surface area contributed by atoms with Crippen molar-refractivity contribution in [3.63, 3.8) is 0 Å². The monoisotopic (exact) mass is 194 g/mol. The average Bonchev–Trinajstić information content (AvgIpc) is 2.18. The number of pyridine rings is 1. The molecule has 1 aromatic heterocycles. The van der Waals surface area contributed by atoms with Gasteiger partial charge < -0.3 is 10.5 Å². The molecule has 0 amide bonds. The van der Waals surface area contributed by atoms with Gasteiger partial charge in [0.1, 0.15) is 0 Å². The van der Waals surface area contributed by atoms with E-state index in [1.54, 1.807) is 6.20 Å². The summed E-state index contributed by atoms with van der Waals surface area (Å²) in [4.78, 5) is 4.19. The second-order valence-corrected chi connectivity index (χ2v) is 3.52. The molecule has 0 bridgehead atoms. The zero-order valence-electron chi connectivity index (χ0n) is 9.03. The van der Waals surface area contributed by atoms with Crippen molar-refractivity contribution in [1.29, 1.82) is 0 Å². The minimum atomic E-state index is -0.0391. The van der Waals surface area contributed by atoms with E-state index in [1.807, 2.05) is 26.0 Å². The molecule has 0 fully saturated rings. The Balaban J connectivity index is 2.84. The number of nitrogens with zero attached hydrogens (tertiary/aromatic N) is 1. The van der Waals surface area contributed by atoms with Gasteiger partial charge in [0.05, 0.1) is 6.10 Å². The van der Waals surface area contributed by atoms with Crippen LogP contribution in [0.15, 0.2) is 18.3 Å². The highest BCUT2D eigenvalue weighted by atomic mass is 16.5. The second kappa shape index (κ2) is 4.96. The lowest BCUT2D eigenvalue weighted by Gasteiger charge is -2.16. The van der Waals surface area contributed by atoms with E-state index in [-0.39, 0.29) is 12.1 Å². The summed E-state index contributed by atoms with van der Waals surface area (Å²) in [7, 11) is 0. The van der Waals surface area contributed by atoms with Crippen LogP contribution >= 0.6 is 0 Å². The molecule has 2 atom stereocenters. The maximum Gasteiger partial charge on any atom is 0.218 e. The van der Waals surface area contributed by atoms with Gasteiger partial charge in [0.25, 0.3) is 0 Å². The van der Waals surface area contributed by atoms with E-state index >= 15 is 0 Å². The highest BCUT2D eigenvalue weighted by Gasteiger charge is 2.10. The summed E-state index contributed by atoms with van der Waals surface area (Å²) < 4.78 is 5.66. The quantitative estimate of drug-likeness (QED) is 0.800. The molecule has 0 aliphatic heterocycles. The maximum absolute atomic E-state index is 5.81. The molecule has 1 aromatic rings. The van der Waals surface area contributed by atoms with Crippen LogP contribution in [0, 0.1) is 0 Å². The summed E-state index contributed by atoms with van der Waals surface area (Å²) >= 11 is 0. The number of aromatic nitrogens is 1. The molecule has 2 N–H and O–H groups in total. The highest BCUT2D eigenvalue weighted by Crippen LogP contribution is 2.21. The standard InChI is InChI=1S/C11H18N2O/c1-4-8(2)14-11-10(9(3)12)6-5-7-13-11/h5-9H,4,12H2,1-3H3/t8?,9-/m1/s1. The number of hydrogen-bond donors (Lipinski definition) is 1. The van der Waals surface area contributed by atoms with Crippen molar-refractivity contribution in [2.75, 3.05) is 0 Å². The zero-order valence-corrected chi connectivity index (χ0v) is 9.03. The lowest BCUT2D eigenvalue weighted by Crippen LogP contribution is -2.15. The van der Waals surface area contributed by atoms with E-state index < -0.39 is 0 Å². The zero-order chi connectivity index (χ0) is 10.6. The van der Waals surface area contributed by atoms with Crippen LogP contribution in [0.1, 0.15) is 38.8 Å². The van der Waals surface area contributed by atoms with Crippen molar-refractivity contribution in [3.8, 4) is 5.88 Å². The molecule has 1 rings (SSSR count). The topological polar surface area (TPSA) is 48.1 Å². The van der Waals surface area contributed by atoms with Crippen LogP contribution in [-0.4, -0.2) is 11.1 Å². The van der Waals surface area contributed by atoms with Crippen LogP contribution < -0.4 is 10.5 Å². The van der Waals surface area contributed by atoms with Crippen molar-refractivity contribution >= 4 is 0 Å². The first-order valence-electron chi connectivity index (χ1n) is 5.02. The molecule has 0 spiro atoms. The third-order valence-electron chi connectivity index (χ3n) is 2.18. The molecular weight excluding hydrogens is 176 g/mol. The lowest BCUT2D eigenvalue weighted by atomic mass is 10.1. The third-order valence-corrected chi connectivity index (χ3v) is 2.18. The Morgan fingerprint density at radius 3 is 2.79 bits per heavy atom. The average molecular weight is 194 g/mol. The van der Waals surface area contributed by atoms with Gasteiger partial charge in [-0.05, 0) is 26.3 Å². The first-order chi connectivity index (χ1) is 6.65. The summed E-state index contributed by atoms with van der Waals surface area (Å²) in [6.07, 6.45) is 2.88. The fourth-order valence-electron chi connectivity index (χ4n) is 1.12. The summed E-state index contributed by atoms with van der Waals surface area (Å²) in [5.41, 5.74) is 6.78. The molecule has 0 aliphatic rings. The van der Waals surface area contributed by atoms with E-state index in [9.17, 15) is 0 Å². The van der Waals surface area contributed by atoms with E-state index in [1.165, 1.54) is 0 Å². The normalized spacial score (nSPS) is 14.9. The van der Waals surface area contributed by atoms with Gasteiger partial charge >= 0.3 is 0 Å². The van der Waals surface area contributed by atoms with Crippen molar-refractivity contribution < 1.29 is 4.74 Å². The van der Waals surface area contributed by atoms with E-state index in [0.29, 0.717) is 5.88 Å². The Hall–Kier alpha value is -1.09. The summed E-state index contributed by atoms with van der Waals surface area (Å²) in [6.45, 7) is 6.04. The van der Waals surface area contributed by atoms with Gasteiger partial charge in [-0.25, -0.2) is 4.98 Å². The molecule has 1 heterocycles. The van der Waals surface area contributed by atoms with Crippen LogP contribution in [0.3, 0.4) is 0 Å². The number of nitrogens with two attached hydrogens (primary N) is 1. The second-order valence-electron chi connectivity index (χ2n) is 3.52. The van der Waals surface area contributed by atoms with Gasteiger partial charge in [0, 0.05) is 17.8 Å². The predicted molar refractivity (Wildman–Crippen MR) is 57.2 cm³/mol. The molecule has 0 aliphatic carbocycles. The predicted octanol–water partition coefficient (Wildman–Crippen LogP) is 2.28. The summed E-state index contributed by atoms with van der Waals surface area (Å²) in [6, 6.07) is 3.79. The van der Waals surface area contributed by atoms with Crippen molar-refractivity contribution in [2.45, 2.75) is 39.3 Å². The molecule has 0 aromatic carbocycles. The maximum atomic E-state index is 5.81. The van der Waals surface area contributed by atoms with Crippen molar-refractivity contribution in [2.24, 2.45) is 5.73 Å². The number of rotatable bonds is 4. The fraction of sp³-hybridized carbons (Fsp3) is 0.545. The summed E-state index contributed by atoms with van der Waals surface area (Å²) in [5.74, 6) is 0.664. The van der Waals surface area contributed by atoms with E-state index in [2.05, 4.69) is 11.9 Å². The first kappa shape index (κ1) is 11.0. The molecule has 3 nitrogen and oxygen atoms in total. The molecule has 14 heavy (non-hydrogen) atoms. The van der Waals surface area contributed by atoms with E-state index in [0.717, 1.165) is 12.0 Å². The molecule has 0 saturated heterocycles. The molecular formula is C11H18N2O. The van der Waals surface area contributed by atoms with E-state index in [4.69, 9.17) is 10.5 Å². The van der Waals surface area contributed by atoms with Gasteiger partial charge in [-0.15, -0.1) is 0 Å². The van der Waals surface area contributed by atoms with Gasteiger partial charge in [0.15, 0.2) is 0 Å². The fourth-order valence-corrected chi connectivity index (χ4v) is 1.12. The first-order valence-corrected chi connectivity index (χ1v) is 5.02. The van der Waals surface area contributed by atoms with Crippen LogP contribution in [0.4, 0.5) is 0 Å². The third kappa shape index (κ3) is 2.70. The van der Waals surface area contributed by atoms with Gasteiger partial charge in [-0.1, -0.05) is 13.0 Å². The van der Waals surface area contributed by atoms with Crippen molar-refractivity contribution in [3.05, 3.63) is 23.9 Å². The van der Waals surface area contributed by atoms with Crippen LogP contribution in [0.5, 0.6) is 5.88 Å². The lowest BCUT2D eigenvalue weighted by molar-refractivity contribution is 0.205. The smallest absolute Gasteiger partial charge is 0.218 e. The Labute approximate surface area is 85.3 Å². The minimum Gasteiger partial charge on any atom is -0.474 e. The Morgan fingerprint density at radius 1 is 1.50 bits per heavy atom. The number of ether oxygens (including phenoxy) is 1.